The standard InChI is InChI=1S/C23H21FN4O3/c24-18-5-3-15(4-6-18)17-11-25-23(26-12-17)28-9-1-2-16(13-28)22(29)27-19-7-8-20-21(10-19)31-14-30-20/h3-8,10-12,16H,1-2,9,13-14H2,(H,27,29)/t16-/m0/s1. The van der Waals surface area contributed by atoms with Gasteiger partial charge in [-0.15, -0.1) is 0 Å². The number of hydrogen-bond donors (Lipinski definition) is 1. The number of ether oxygens (including phenoxy) is 2. The molecule has 1 N–H and O–H groups in total. The molecule has 2 aromatic carbocycles. The molecule has 3 heterocycles. The molecule has 1 saturated heterocycles. The Hall–Kier alpha value is -3.68. The Labute approximate surface area is 178 Å². The smallest absolute Gasteiger partial charge is 0.231 e. The van der Waals surface area contributed by atoms with Crippen molar-refractivity contribution in [3.05, 3.63) is 60.7 Å². The van der Waals surface area contributed by atoms with E-state index in [1.165, 1.54) is 12.1 Å². The van der Waals surface area contributed by atoms with Gasteiger partial charge in [0.05, 0.1) is 5.92 Å². The minimum Gasteiger partial charge on any atom is -0.454 e. The third kappa shape index (κ3) is 4.14. The van der Waals surface area contributed by atoms with Crippen LogP contribution in [0.1, 0.15) is 12.8 Å². The molecule has 0 saturated carbocycles. The van der Waals surface area contributed by atoms with Crippen LogP contribution >= 0.6 is 0 Å². The van der Waals surface area contributed by atoms with E-state index in [0.717, 1.165) is 30.5 Å². The molecule has 5 rings (SSSR count). The zero-order chi connectivity index (χ0) is 21.2. The summed E-state index contributed by atoms with van der Waals surface area (Å²) in [4.78, 5) is 23.8. The predicted octanol–water partition coefficient (Wildman–Crippen LogP) is 3.87. The number of benzene rings is 2. The van der Waals surface area contributed by atoms with E-state index in [2.05, 4.69) is 15.3 Å². The molecule has 1 amide bonds. The van der Waals surface area contributed by atoms with E-state index in [1.807, 2.05) is 11.0 Å². The van der Waals surface area contributed by atoms with Crippen molar-refractivity contribution >= 4 is 17.5 Å². The Balaban J connectivity index is 1.24. The lowest BCUT2D eigenvalue weighted by molar-refractivity contribution is -0.120. The minimum atomic E-state index is -0.278. The monoisotopic (exact) mass is 420 g/mol. The summed E-state index contributed by atoms with van der Waals surface area (Å²) in [6, 6.07) is 11.6. The van der Waals surface area contributed by atoms with Crippen molar-refractivity contribution in [1.29, 1.82) is 0 Å². The second-order valence-electron chi connectivity index (χ2n) is 7.62. The molecule has 7 nitrogen and oxygen atoms in total. The molecule has 0 unspecified atom stereocenters. The zero-order valence-corrected chi connectivity index (χ0v) is 16.8. The van der Waals surface area contributed by atoms with E-state index in [0.29, 0.717) is 29.7 Å². The molecule has 0 spiro atoms. The van der Waals surface area contributed by atoms with Crippen molar-refractivity contribution < 1.29 is 18.7 Å². The predicted molar refractivity (Wildman–Crippen MR) is 114 cm³/mol. The molecule has 158 valence electrons. The molecule has 1 atom stereocenters. The van der Waals surface area contributed by atoms with E-state index >= 15 is 0 Å². The fourth-order valence-electron chi connectivity index (χ4n) is 3.87. The van der Waals surface area contributed by atoms with Crippen molar-refractivity contribution in [1.82, 2.24) is 9.97 Å². The maximum atomic E-state index is 13.1. The molecule has 0 bridgehead atoms. The van der Waals surface area contributed by atoms with Crippen LogP contribution in [-0.2, 0) is 4.79 Å². The van der Waals surface area contributed by atoms with E-state index in [-0.39, 0.29) is 24.4 Å². The molecule has 1 fully saturated rings. The minimum absolute atomic E-state index is 0.0357. The van der Waals surface area contributed by atoms with Crippen molar-refractivity contribution in [2.24, 2.45) is 5.92 Å². The van der Waals surface area contributed by atoms with Gasteiger partial charge in [-0.3, -0.25) is 4.79 Å². The third-order valence-corrected chi connectivity index (χ3v) is 5.53. The lowest BCUT2D eigenvalue weighted by Gasteiger charge is -2.32. The van der Waals surface area contributed by atoms with Crippen LogP contribution in [0.5, 0.6) is 11.5 Å². The quantitative estimate of drug-likeness (QED) is 0.691. The van der Waals surface area contributed by atoms with Crippen molar-refractivity contribution in [3.63, 3.8) is 0 Å². The first-order valence-electron chi connectivity index (χ1n) is 10.2. The number of nitrogens with zero attached hydrogens (tertiary/aromatic N) is 3. The second kappa shape index (κ2) is 8.22. The van der Waals surface area contributed by atoms with Crippen LogP contribution in [0.25, 0.3) is 11.1 Å². The maximum Gasteiger partial charge on any atom is 0.231 e. The van der Waals surface area contributed by atoms with Crippen LogP contribution < -0.4 is 19.7 Å². The van der Waals surface area contributed by atoms with Crippen molar-refractivity contribution in [2.75, 3.05) is 30.1 Å². The van der Waals surface area contributed by atoms with Crippen molar-refractivity contribution in [2.45, 2.75) is 12.8 Å². The van der Waals surface area contributed by atoms with Gasteiger partial charge < -0.3 is 19.7 Å². The van der Waals surface area contributed by atoms with Crippen LogP contribution in [0.2, 0.25) is 0 Å². The van der Waals surface area contributed by atoms with Gasteiger partial charge in [0.15, 0.2) is 11.5 Å². The fraction of sp³-hybridized carbons (Fsp3) is 0.261. The number of piperidine rings is 1. The summed E-state index contributed by atoms with van der Waals surface area (Å²) in [7, 11) is 0. The molecule has 2 aliphatic heterocycles. The number of fused-ring (bicyclic) bond motifs is 1. The number of aromatic nitrogens is 2. The van der Waals surface area contributed by atoms with Crippen LogP contribution in [0.4, 0.5) is 16.0 Å². The number of halogens is 1. The Morgan fingerprint density at radius 2 is 1.81 bits per heavy atom. The summed E-state index contributed by atoms with van der Waals surface area (Å²) in [6.45, 7) is 1.54. The van der Waals surface area contributed by atoms with Crippen LogP contribution in [0, 0.1) is 11.7 Å². The first kappa shape index (κ1) is 19.3. The number of carbonyl (C=O) groups excluding carboxylic acids is 1. The molecular weight excluding hydrogens is 399 g/mol. The van der Waals surface area contributed by atoms with E-state index in [1.54, 1.807) is 36.7 Å². The van der Waals surface area contributed by atoms with Gasteiger partial charge in [0.2, 0.25) is 18.6 Å². The largest absolute Gasteiger partial charge is 0.454 e. The summed E-state index contributed by atoms with van der Waals surface area (Å²) >= 11 is 0. The lowest BCUT2D eigenvalue weighted by Crippen LogP contribution is -2.41. The zero-order valence-electron chi connectivity index (χ0n) is 16.8. The number of amides is 1. The van der Waals surface area contributed by atoms with Gasteiger partial charge in [0, 0.05) is 42.8 Å². The van der Waals surface area contributed by atoms with Gasteiger partial charge in [-0.1, -0.05) is 12.1 Å². The lowest BCUT2D eigenvalue weighted by atomic mass is 9.97. The summed E-state index contributed by atoms with van der Waals surface area (Å²) in [5.41, 5.74) is 2.36. The Bertz CT molecular complexity index is 1090. The molecule has 1 aromatic heterocycles. The maximum absolute atomic E-state index is 13.1. The number of carbonyl (C=O) groups is 1. The highest BCUT2D eigenvalue weighted by atomic mass is 19.1. The van der Waals surface area contributed by atoms with Gasteiger partial charge in [0.25, 0.3) is 0 Å². The van der Waals surface area contributed by atoms with Gasteiger partial charge >= 0.3 is 0 Å². The van der Waals surface area contributed by atoms with Crippen LogP contribution in [0.15, 0.2) is 54.9 Å². The van der Waals surface area contributed by atoms with Crippen LogP contribution in [0.3, 0.4) is 0 Å². The first-order chi connectivity index (χ1) is 15.2. The molecule has 8 heteroatoms. The average molecular weight is 420 g/mol. The summed E-state index contributed by atoms with van der Waals surface area (Å²) in [5, 5.41) is 2.98. The van der Waals surface area contributed by atoms with Gasteiger partial charge in [0.1, 0.15) is 5.82 Å². The van der Waals surface area contributed by atoms with Crippen molar-refractivity contribution in [3.8, 4) is 22.6 Å². The molecule has 3 aromatic rings. The number of hydrogen-bond acceptors (Lipinski definition) is 6. The van der Waals surface area contributed by atoms with Gasteiger partial charge in [-0.25, -0.2) is 14.4 Å². The number of nitrogens with one attached hydrogen (secondary N) is 1. The highest BCUT2D eigenvalue weighted by Gasteiger charge is 2.27. The molecule has 2 aliphatic rings. The van der Waals surface area contributed by atoms with Gasteiger partial charge in [-0.2, -0.15) is 0 Å². The first-order valence-corrected chi connectivity index (χ1v) is 10.2. The highest BCUT2D eigenvalue weighted by molar-refractivity contribution is 5.93. The van der Waals surface area contributed by atoms with E-state index in [9.17, 15) is 9.18 Å². The van der Waals surface area contributed by atoms with Crippen LogP contribution in [-0.4, -0.2) is 35.8 Å². The Kier molecular flexibility index (Phi) is 5.11. The Morgan fingerprint density at radius 1 is 1.03 bits per heavy atom. The molecule has 0 radical (unpaired) electrons. The normalized spacial score (nSPS) is 17.5. The Morgan fingerprint density at radius 3 is 2.61 bits per heavy atom. The van der Waals surface area contributed by atoms with Gasteiger partial charge in [-0.05, 0) is 42.7 Å². The topological polar surface area (TPSA) is 76.6 Å². The summed E-state index contributed by atoms with van der Waals surface area (Å²) < 4.78 is 23.8. The van der Waals surface area contributed by atoms with E-state index in [4.69, 9.17) is 9.47 Å². The second-order valence-corrected chi connectivity index (χ2v) is 7.62. The molecule has 0 aliphatic carbocycles. The van der Waals surface area contributed by atoms with E-state index < -0.39 is 0 Å². The summed E-state index contributed by atoms with van der Waals surface area (Å²) in [5.74, 6) is 1.43. The fourth-order valence-corrected chi connectivity index (χ4v) is 3.87. The average Bonchev–Trinajstić information content (AvgIpc) is 3.28. The highest BCUT2D eigenvalue weighted by Crippen LogP contribution is 2.34. The number of rotatable bonds is 4. The summed E-state index contributed by atoms with van der Waals surface area (Å²) in [6.07, 6.45) is 5.14. The SMILES string of the molecule is O=C(Nc1ccc2c(c1)OCO2)[C@H]1CCCN(c2ncc(-c3ccc(F)cc3)cn2)C1. The third-order valence-electron chi connectivity index (χ3n) is 5.53. The molecular formula is C23H21FN4O3. The molecule has 31 heavy (non-hydrogen) atoms. The number of anilines is 2.